The van der Waals surface area contributed by atoms with Crippen LogP contribution >= 0.6 is 11.3 Å². The van der Waals surface area contributed by atoms with Crippen LogP contribution in [0.25, 0.3) is 0 Å². The van der Waals surface area contributed by atoms with Crippen LogP contribution in [0, 0.1) is 0 Å². The highest BCUT2D eigenvalue weighted by atomic mass is 32.1. The maximum Gasteiger partial charge on any atom is 0.321 e. The van der Waals surface area contributed by atoms with E-state index in [1.807, 2.05) is 0 Å². The third kappa shape index (κ3) is 3.52. The molecule has 0 radical (unpaired) electrons. The van der Waals surface area contributed by atoms with E-state index in [9.17, 15) is 4.79 Å². The second-order valence-corrected chi connectivity index (χ2v) is 6.67. The number of aryl methyl sites for hydroxylation is 3. The van der Waals surface area contributed by atoms with Crippen molar-refractivity contribution in [1.29, 1.82) is 0 Å². The Morgan fingerprint density at radius 3 is 3.00 bits per heavy atom. The van der Waals surface area contributed by atoms with Gasteiger partial charge in [0.25, 0.3) is 0 Å². The number of rotatable bonds is 6. The van der Waals surface area contributed by atoms with Crippen LogP contribution in [0.4, 0.5) is 9.93 Å². The molecular weight excluding hydrogens is 312 g/mol. The lowest BCUT2D eigenvalue weighted by Crippen LogP contribution is -2.29. The lowest BCUT2D eigenvalue weighted by molar-refractivity contribution is 0.251. The van der Waals surface area contributed by atoms with E-state index < -0.39 is 0 Å². The largest absolute Gasteiger partial charge is 0.331 e. The van der Waals surface area contributed by atoms with Gasteiger partial charge in [-0.3, -0.25) is 5.32 Å². The number of hydrogen-bond donors (Lipinski definition) is 2. The summed E-state index contributed by atoms with van der Waals surface area (Å²) in [6, 6.07) is -0.250. The fraction of sp³-hybridized carbons (Fsp3) is 0.600. The maximum absolute atomic E-state index is 12.1. The van der Waals surface area contributed by atoms with E-state index in [2.05, 4.69) is 44.2 Å². The summed E-state index contributed by atoms with van der Waals surface area (Å²) in [6.45, 7) is 5.57. The van der Waals surface area contributed by atoms with Gasteiger partial charge in [-0.05, 0) is 19.3 Å². The zero-order valence-electron chi connectivity index (χ0n) is 13.6. The van der Waals surface area contributed by atoms with Crippen LogP contribution in [0.2, 0.25) is 0 Å². The lowest BCUT2D eigenvalue weighted by Gasteiger charge is -2.05. The molecule has 0 aliphatic carbocycles. The Labute approximate surface area is 139 Å². The first-order valence-corrected chi connectivity index (χ1v) is 8.97. The minimum atomic E-state index is -0.250. The van der Waals surface area contributed by atoms with Gasteiger partial charge in [0.2, 0.25) is 0 Å². The average Bonchev–Trinajstić information content (AvgIpc) is 3.21. The van der Waals surface area contributed by atoms with Gasteiger partial charge in [0, 0.05) is 17.8 Å². The SMILES string of the molecule is CCCc1nc(NC(=O)NCc2nnc3n2CCC3)sc1CC. The van der Waals surface area contributed by atoms with Gasteiger partial charge in [-0.25, -0.2) is 9.78 Å². The Balaban J connectivity index is 1.57. The molecule has 3 rings (SSSR count). The zero-order chi connectivity index (χ0) is 16.2. The summed E-state index contributed by atoms with van der Waals surface area (Å²) in [4.78, 5) is 17.8. The average molecular weight is 334 g/mol. The molecule has 0 aromatic carbocycles. The first kappa shape index (κ1) is 15.9. The van der Waals surface area contributed by atoms with E-state index in [0.717, 1.165) is 56.0 Å². The van der Waals surface area contributed by atoms with Crippen LogP contribution < -0.4 is 10.6 Å². The Bertz CT molecular complexity index is 692. The van der Waals surface area contributed by atoms with E-state index in [-0.39, 0.29) is 6.03 Å². The Kier molecular flexibility index (Phi) is 4.90. The van der Waals surface area contributed by atoms with Gasteiger partial charge in [-0.1, -0.05) is 20.3 Å². The summed E-state index contributed by atoms with van der Waals surface area (Å²) < 4.78 is 2.08. The smallest absolute Gasteiger partial charge is 0.321 e. The predicted molar refractivity (Wildman–Crippen MR) is 89.7 cm³/mol. The van der Waals surface area contributed by atoms with E-state index >= 15 is 0 Å². The van der Waals surface area contributed by atoms with Gasteiger partial charge < -0.3 is 9.88 Å². The quantitative estimate of drug-likeness (QED) is 0.850. The molecule has 2 N–H and O–H groups in total. The van der Waals surface area contributed by atoms with Crippen molar-refractivity contribution in [2.45, 2.75) is 59.0 Å². The van der Waals surface area contributed by atoms with Crippen LogP contribution in [0.3, 0.4) is 0 Å². The third-order valence-electron chi connectivity index (χ3n) is 3.90. The van der Waals surface area contributed by atoms with Gasteiger partial charge in [0.15, 0.2) is 11.0 Å². The molecule has 0 unspecified atom stereocenters. The molecule has 1 aliphatic heterocycles. The lowest BCUT2D eigenvalue weighted by atomic mass is 10.2. The van der Waals surface area contributed by atoms with Crippen LogP contribution in [0.15, 0.2) is 0 Å². The number of anilines is 1. The number of carbonyl (C=O) groups excluding carboxylic acids is 1. The maximum atomic E-state index is 12.1. The van der Waals surface area contributed by atoms with Crippen molar-refractivity contribution in [1.82, 2.24) is 25.1 Å². The zero-order valence-corrected chi connectivity index (χ0v) is 14.4. The summed E-state index contributed by atoms with van der Waals surface area (Å²) in [5.74, 6) is 1.83. The fourth-order valence-corrected chi connectivity index (χ4v) is 3.73. The highest BCUT2D eigenvalue weighted by Gasteiger charge is 2.18. The molecular formula is C15H22N6OS. The second kappa shape index (κ2) is 7.08. The highest BCUT2D eigenvalue weighted by molar-refractivity contribution is 7.15. The molecule has 0 saturated carbocycles. The van der Waals surface area contributed by atoms with E-state index in [1.54, 1.807) is 11.3 Å². The van der Waals surface area contributed by atoms with E-state index in [1.165, 1.54) is 4.88 Å². The van der Waals surface area contributed by atoms with Gasteiger partial charge >= 0.3 is 6.03 Å². The van der Waals surface area contributed by atoms with Gasteiger partial charge in [-0.2, -0.15) is 0 Å². The number of carbonyl (C=O) groups is 1. The third-order valence-corrected chi connectivity index (χ3v) is 5.06. The van der Waals surface area contributed by atoms with Crippen molar-refractivity contribution >= 4 is 22.5 Å². The van der Waals surface area contributed by atoms with E-state index in [0.29, 0.717) is 11.7 Å². The first-order chi connectivity index (χ1) is 11.2. The molecule has 23 heavy (non-hydrogen) atoms. The molecule has 0 fully saturated rings. The summed E-state index contributed by atoms with van der Waals surface area (Å²) >= 11 is 1.55. The molecule has 3 heterocycles. The number of urea groups is 1. The summed E-state index contributed by atoms with van der Waals surface area (Å²) in [5.41, 5.74) is 1.10. The normalized spacial score (nSPS) is 13.1. The Morgan fingerprint density at radius 2 is 2.22 bits per heavy atom. The number of thiazole rings is 1. The second-order valence-electron chi connectivity index (χ2n) is 5.59. The molecule has 8 heteroatoms. The van der Waals surface area contributed by atoms with Crippen molar-refractivity contribution < 1.29 is 4.79 Å². The topological polar surface area (TPSA) is 84.7 Å². The van der Waals surface area contributed by atoms with Gasteiger partial charge in [-0.15, -0.1) is 21.5 Å². The van der Waals surface area contributed by atoms with Crippen LogP contribution in [-0.4, -0.2) is 25.8 Å². The van der Waals surface area contributed by atoms with Crippen molar-refractivity contribution in [3.63, 3.8) is 0 Å². The number of nitrogens with zero attached hydrogens (tertiary/aromatic N) is 4. The Morgan fingerprint density at radius 1 is 1.35 bits per heavy atom. The fourth-order valence-electron chi connectivity index (χ4n) is 2.79. The van der Waals surface area contributed by atoms with Crippen LogP contribution in [-0.2, 0) is 32.4 Å². The molecule has 1 aliphatic rings. The standard InChI is InChI=1S/C15H22N6OS/c1-3-6-10-11(4-2)23-15(17-10)18-14(22)16-9-13-20-19-12-7-5-8-21(12)13/h3-9H2,1-2H3,(H2,16,17,18,22). The minimum Gasteiger partial charge on any atom is -0.331 e. The summed E-state index contributed by atoms with van der Waals surface area (Å²) in [5, 5.41) is 14.6. The minimum absolute atomic E-state index is 0.250. The molecule has 2 amide bonds. The number of fused-ring (bicyclic) bond motifs is 1. The monoisotopic (exact) mass is 334 g/mol. The number of hydrogen-bond acceptors (Lipinski definition) is 5. The van der Waals surface area contributed by atoms with Crippen LogP contribution in [0.5, 0.6) is 0 Å². The van der Waals surface area contributed by atoms with Gasteiger partial charge in [0.05, 0.1) is 12.2 Å². The molecule has 0 spiro atoms. The summed E-state index contributed by atoms with van der Waals surface area (Å²) in [6.07, 6.45) is 5.03. The molecule has 7 nitrogen and oxygen atoms in total. The molecule has 0 atom stereocenters. The highest BCUT2D eigenvalue weighted by Crippen LogP contribution is 2.24. The number of amides is 2. The predicted octanol–water partition coefficient (Wildman–Crippen LogP) is 2.52. The summed E-state index contributed by atoms with van der Waals surface area (Å²) in [7, 11) is 0. The van der Waals surface area contributed by atoms with Crippen molar-refractivity contribution in [2.75, 3.05) is 5.32 Å². The van der Waals surface area contributed by atoms with Crippen molar-refractivity contribution in [3.8, 4) is 0 Å². The Hall–Kier alpha value is -1.96. The van der Waals surface area contributed by atoms with Crippen LogP contribution in [0.1, 0.15) is 48.9 Å². The molecule has 0 bridgehead atoms. The molecule has 2 aromatic rings. The number of nitrogens with one attached hydrogen (secondary N) is 2. The molecule has 2 aromatic heterocycles. The number of aromatic nitrogens is 4. The van der Waals surface area contributed by atoms with Gasteiger partial charge in [0.1, 0.15) is 5.82 Å². The first-order valence-electron chi connectivity index (χ1n) is 8.15. The molecule has 124 valence electrons. The van der Waals surface area contributed by atoms with Crippen molar-refractivity contribution in [3.05, 3.63) is 22.2 Å². The van der Waals surface area contributed by atoms with Crippen molar-refractivity contribution in [2.24, 2.45) is 0 Å². The molecule has 0 saturated heterocycles. The van der Waals surface area contributed by atoms with E-state index in [4.69, 9.17) is 0 Å².